The summed E-state index contributed by atoms with van der Waals surface area (Å²) < 4.78 is 43.0. The Hall–Kier alpha value is -3.55. The van der Waals surface area contributed by atoms with Crippen LogP contribution in [-0.2, 0) is 9.53 Å². The number of carboxylic acid groups (broad SMARTS) is 2. The van der Waals surface area contributed by atoms with E-state index in [2.05, 4.69) is 15.1 Å². The quantitative estimate of drug-likeness (QED) is 0.193. The molecule has 14 heteroatoms. The van der Waals surface area contributed by atoms with Gasteiger partial charge in [0, 0.05) is 63.2 Å². The molecule has 0 unspecified atom stereocenters. The molecule has 0 atom stereocenters. The first-order valence-corrected chi connectivity index (χ1v) is 13.3. The first-order chi connectivity index (χ1) is 19.5. The third-order valence-electron chi connectivity index (χ3n) is 5.70. The number of guanidine groups is 1. The Kier molecular flexibility index (Phi) is 14.2. The highest BCUT2D eigenvalue weighted by molar-refractivity contribution is 6.30. The van der Waals surface area contributed by atoms with Gasteiger partial charge in [-0.25, -0.2) is 9.59 Å². The van der Waals surface area contributed by atoms with Gasteiger partial charge >= 0.3 is 18.1 Å². The number of anilines is 1. The van der Waals surface area contributed by atoms with Gasteiger partial charge in [-0.3, -0.25) is 9.89 Å². The molecular weight excluding hydrogens is 569 g/mol. The normalized spacial score (nSPS) is 14.2. The third-order valence-corrected chi connectivity index (χ3v) is 5.96. The smallest absolute Gasteiger partial charge is 0.490 e. The molecule has 1 saturated heterocycles. The van der Waals surface area contributed by atoms with Gasteiger partial charge in [0.25, 0.3) is 0 Å². The molecule has 10 nitrogen and oxygen atoms in total. The number of aliphatic imine (C=N–C) groups is 1. The average Bonchev–Trinajstić information content (AvgIpc) is 2.94. The molecule has 1 fully saturated rings. The maximum atomic E-state index is 11.1. The summed E-state index contributed by atoms with van der Waals surface area (Å²) in [6.45, 7) is 8.98. The number of piperazine rings is 1. The van der Waals surface area contributed by atoms with Crippen LogP contribution < -0.4 is 10.1 Å². The van der Waals surface area contributed by atoms with Crippen molar-refractivity contribution in [3.05, 3.63) is 59.1 Å². The molecule has 3 rings (SSSR count). The summed E-state index contributed by atoms with van der Waals surface area (Å²) in [4.78, 5) is 29.4. The molecule has 41 heavy (non-hydrogen) atoms. The number of alkyl halides is 3. The zero-order valence-electron chi connectivity index (χ0n) is 22.6. The standard InChI is InChI=1S/C25H33ClN4O4.C2HF3O2/c1-2-33-18-3-12-27-25(28-22-8-4-20(5-9-22)24(31)32)30-15-13-29(14-16-30)17-19-34-23-10-6-21(26)7-11-23;3-2(4,5)1(6)7/h4-11H,2-3,12-19H2,1H3,(H,27,28)(H,31,32);(H,6,7). The van der Waals surface area contributed by atoms with Crippen molar-refractivity contribution in [2.75, 3.05) is 64.4 Å². The summed E-state index contributed by atoms with van der Waals surface area (Å²) in [5.74, 6) is -2.07. The van der Waals surface area contributed by atoms with Crippen LogP contribution in [0.25, 0.3) is 0 Å². The van der Waals surface area contributed by atoms with Crippen molar-refractivity contribution in [1.29, 1.82) is 0 Å². The molecule has 0 aromatic heterocycles. The van der Waals surface area contributed by atoms with E-state index in [1.165, 1.54) is 0 Å². The first-order valence-electron chi connectivity index (χ1n) is 12.9. The molecule has 0 bridgehead atoms. The second-order valence-corrected chi connectivity index (χ2v) is 9.13. The highest BCUT2D eigenvalue weighted by Gasteiger charge is 2.38. The van der Waals surface area contributed by atoms with Crippen LogP contribution in [0.3, 0.4) is 0 Å². The van der Waals surface area contributed by atoms with E-state index in [1.54, 1.807) is 24.3 Å². The molecule has 1 aliphatic heterocycles. The van der Waals surface area contributed by atoms with Crippen LogP contribution in [0.15, 0.2) is 53.5 Å². The van der Waals surface area contributed by atoms with Crippen LogP contribution in [0.5, 0.6) is 5.75 Å². The highest BCUT2D eigenvalue weighted by atomic mass is 35.5. The van der Waals surface area contributed by atoms with Crippen LogP contribution >= 0.6 is 11.6 Å². The minimum absolute atomic E-state index is 0.259. The number of aromatic carboxylic acids is 1. The van der Waals surface area contributed by atoms with Gasteiger partial charge < -0.3 is 29.9 Å². The Balaban J connectivity index is 0.000000745. The summed E-state index contributed by atoms with van der Waals surface area (Å²) in [6.07, 6.45) is -4.24. The summed E-state index contributed by atoms with van der Waals surface area (Å²) in [6, 6.07) is 14.1. The molecular formula is C27H34ClF3N4O6. The summed E-state index contributed by atoms with van der Waals surface area (Å²) in [5, 5.41) is 20.3. The zero-order chi connectivity index (χ0) is 30.3. The Morgan fingerprint density at radius 2 is 1.61 bits per heavy atom. The van der Waals surface area contributed by atoms with E-state index in [4.69, 9.17) is 41.1 Å². The Labute approximate surface area is 241 Å². The van der Waals surface area contributed by atoms with Crippen LogP contribution in [0.2, 0.25) is 5.02 Å². The minimum atomic E-state index is -5.08. The van der Waals surface area contributed by atoms with Gasteiger partial charge in [-0.05, 0) is 61.9 Å². The molecule has 0 spiro atoms. The van der Waals surface area contributed by atoms with Crippen LogP contribution in [0.4, 0.5) is 18.9 Å². The summed E-state index contributed by atoms with van der Waals surface area (Å²) in [7, 11) is 0. The maximum Gasteiger partial charge on any atom is 0.490 e. The second kappa shape index (κ2) is 17.3. The number of hydrogen-bond acceptors (Lipinski definition) is 6. The number of carboxylic acids is 2. The number of nitrogens with one attached hydrogen (secondary N) is 1. The Morgan fingerprint density at radius 1 is 1.00 bits per heavy atom. The van der Waals surface area contributed by atoms with E-state index in [1.807, 2.05) is 31.2 Å². The Bertz CT molecular complexity index is 1110. The minimum Gasteiger partial charge on any atom is -0.492 e. The fraction of sp³-hybridized carbons (Fsp3) is 0.444. The zero-order valence-corrected chi connectivity index (χ0v) is 23.3. The van der Waals surface area contributed by atoms with Gasteiger partial charge in [-0.1, -0.05) is 11.6 Å². The van der Waals surface area contributed by atoms with Gasteiger partial charge in [-0.2, -0.15) is 13.2 Å². The summed E-state index contributed by atoms with van der Waals surface area (Å²) >= 11 is 5.92. The molecule has 226 valence electrons. The number of aliphatic carboxylic acids is 1. The number of rotatable bonds is 11. The van der Waals surface area contributed by atoms with Crippen LogP contribution in [-0.4, -0.2) is 103 Å². The molecule has 3 N–H and O–H groups in total. The predicted molar refractivity (Wildman–Crippen MR) is 149 cm³/mol. The van der Waals surface area contributed by atoms with E-state index < -0.39 is 18.1 Å². The molecule has 2 aromatic carbocycles. The molecule has 0 radical (unpaired) electrons. The third kappa shape index (κ3) is 13.1. The second-order valence-electron chi connectivity index (χ2n) is 8.70. The predicted octanol–water partition coefficient (Wildman–Crippen LogP) is 4.56. The number of carbonyl (C=O) groups is 2. The fourth-order valence-corrected chi connectivity index (χ4v) is 3.67. The first kappa shape index (κ1) is 33.7. The van der Waals surface area contributed by atoms with Crippen molar-refractivity contribution in [3.63, 3.8) is 0 Å². The number of benzene rings is 2. The maximum absolute atomic E-state index is 11.1. The van der Waals surface area contributed by atoms with E-state index in [9.17, 15) is 18.0 Å². The molecule has 1 heterocycles. The van der Waals surface area contributed by atoms with Gasteiger partial charge in [0.2, 0.25) is 0 Å². The van der Waals surface area contributed by atoms with Crippen molar-refractivity contribution in [3.8, 4) is 5.75 Å². The Morgan fingerprint density at radius 3 is 2.15 bits per heavy atom. The number of ether oxygens (including phenoxy) is 2. The van der Waals surface area contributed by atoms with E-state index in [0.29, 0.717) is 31.4 Å². The lowest BCUT2D eigenvalue weighted by molar-refractivity contribution is -0.192. The number of halogens is 4. The number of nitrogens with zero attached hydrogens (tertiary/aromatic N) is 3. The van der Waals surface area contributed by atoms with Crippen molar-refractivity contribution in [1.82, 2.24) is 9.80 Å². The summed E-state index contributed by atoms with van der Waals surface area (Å²) in [5.41, 5.74) is 1.07. The van der Waals surface area contributed by atoms with E-state index in [-0.39, 0.29) is 5.56 Å². The van der Waals surface area contributed by atoms with Gasteiger partial charge in [0.1, 0.15) is 12.4 Å². The van der Waals surface area contributed by atoms with Crippen molar-refractivity contribution in [2.45, 2.75) is 19.5 Å². The molecule has 1 aliphatic rings. The SMILES string of the molecule is CCOCCCN=C(Nc1ccc(C(=O)O)cc1)N1CCN(CCOc2ccc(Cl)cc2)CC1.O=C(O)C(F)(F)F. The highest BCUT2D eigenvalue weighted by Crippen LogP contribution is 2.16. The van der Waals surface area contributed by atoms with Crippen molar-refractivity contribution < 1.29 is 42.4 Å². The fourth-order valence-electron chi connectivity index (χ4n) is 3.55. The lowest BCUT2D eigenvalue weighted by Gasteiger charge is -2.36. The van der Waals surface area contributed by atoms with E-state index in [0.717, 1.165) is 56.5 Å². The van der Waals surface area contributed by atoms with Crippen molar-refractivity contribution in [2.24, 2.45) is 4.99 Å². The number of hydrogen-bond donors (Lipinski definition) is 3. The molecule has 0 amide bonds. The lowest BCUT2D eigenvalue weighted by Crippen LogP contribution is -2.51. The largest absolute Gasteiger partial charge is 0.492 e. The van der Waals surface area contributed by atoms with Gasteiger partial charge in [-0.15, -0.1) is 0 Å². The van der Waals surface area contributed by atoms with Crippen molar-refractivity contribution >= 4 is 35.2 Å². The monoisotopic (exact) mass is 602 g/mol. The molecule has 0 aliphatic carbocycles. The molecule has 0 saturated carbocycles. The molecule has 2 aromatic rings. The van der Waals surface area contributed by atoms with Crippen LogP contribution in [0, 0.1) is 0 Å². The topological polar surface area (TPSA) is 124 Å². The van der Waals surface area contributed by atoms with Crippen LogP contribution in [0.1, 0.15) is 23.7 Å². The average molecular weight is 603 g/mol. The van der Waals surface area contributed by atoms with E-state index >= 15 is 0 Å². The lowest BCUT2D eigenvalue weighted by atomic mass is 10.2. The van der Waals surface area contributed by atoms with Gasteiger partial charge in [0.15, 0.2) is 5.96 Å². The van der Waals surface area contributed by atoms with Gasteiger partial charge in [0.05, 0.1) is 5.56 Å².